The van der Waals surface area contributed by atoms with Crippen LogP contribution in [0.1, 0.15) is 27.2 Å². The summed E-state index contributed by atoms with van der Waals surface area (Å²) in [7, 11) is -3.73. The minimum atomic E-state index is -3.73. The Morgan fingerprint density at radius 3 is 2.60 bits per heavy atom. The molecule has 1 amide bonds. The van der Waals surface area contributed by atoms with Crippen molar-refractivity contribution in [2.75, 3.05) is 10.8 Å². The third-order valence-electron chi connectivity index (χ3n) is 4.65. The molecule has 0 saturated heterocycles. The van der Waals surface area contributed by atoms with Gasteiger partial charge in [0.1, 0.15) is 6.54 Å². The molecule has 0 saturated carbocycles. The molecule has 1 aliphatic heterocycles. The lowest BCUT2D eigenvalue weighted by atomic mass is 10.1. The van der Waals surface area contributed by atoms with Gasteiger partial charge < -0.3 is 0 Å². The van der Waals surface area contributed by atoms with Gasteiger partial charge in [-0.1, -0.05) is 38.1 Å². The van der Waals surface area contributed by atoms with E-state index in [0.717, 1.165) is 21.8 Å². The number of carbonyl (C=O) groups is 1. The van der Waals surface area contributed by atoms with Gasteiger partial charge in [-0.05, 0) is 36.8 Å². The van der Waals surface area contributed by atoms with E-state index in [0.29, 0.717) is 11.1 Å². The quantitative estimate of drug-likeness (QED) is 0.658. The molecule has 6 nitrogen and oxygen atoms in total. The number of amides is 1. The summed E-state index contributed by atoms with van der Waals surface area (Å²) >= 11 is 0. The van der Waals surface area contributed by atoms with E-state index in [4.69, 9.17) is 0 Å². The molecule has 2 aromatic carbocycles. The molecule has 3 rings (SSSR count). The van der Waals surface area contributed by atoms with Crippen LogP contribution in [0.2, 0.25) is 0 Å². The summed E-state index contributed by atoms with van der Waals surface area (Å²) < 4.78 is 26.8. The maximum atomic E-state index is 12.8. The van der Waals surface area contributed by atoms with Crippen molar-refractivity contribution in [1.29, 1.82) is 0 Å². The van der Waals surface area contributed by atoms with Crippen molar-refractivity contribution in [1.82, 2.24) is 5.43 Å². The highest BCUT2D eigenvalue weighted by Gasteiger charge is 2.36. The van der Waals surface area contributed by atoms with E-state index in [1.807, 2.05) is 32.9 Å². The summed E-state index contributed by atoms with van der Waals surface area (Å²) in [6.45, 7) is 5.61. The van der Waals surface area contributed by atoms with Crippen molar-refractivity contribution in [3.63, 3.8) is 0 Å². The predicted octanol–water partition coefficient (Wildman–Crippen LogP) is 2.89. The first-order valence-electron chi connectivity index (χ1n) is 8.23. The Morgan fingerprint density at radius 2 is 1.92 bits per heavy atom. The van der Waals surface area contributed by atoms with Crippen LogP contribution in [0, 0.1) is 5.92 Å². The molecular formula is C18H21N3O3S. The van der Waals surface area contributed by atoms with E-state index in [-0.39, 0.29) is 17.4 Å². The van der Waals surface area contributed by atoms with Gasteiger partial charge in [0.15, 0.2) is 0 Å². The van der Waals surface area contributed by atoms with Crippen molar-refractivity contribution >= 4 is 38.1 Å². The van der Waals surface area contributed by atoms with Crippen molar-refractivity contribution in [3.8, 4) is 0 Å². The average molecular weight is 359 g/mol. The van der Waals surface area contributed by atoms with Crippen LogP contribution in [-0.2, 0) is 14.8 Å². The van der Waals surface area contributed by atoms with Crippen LogP contribution in [0.15, 0.2) is 46.4 Å². The maximum absolute atomic E-state index is 12.8. The molecule has 132 valence electrons. The third kappa shape index (κ3) is 3.00. The molecular weight excluding hydrogens is 338 g/mol. The molecule has 7 heteroatoms. The van der Waals surface area contributed by atoms with Crippen molar-refractivity contribution in [2.45, 2.75) is 32.1 Å². The van der Waals surface area contributed by atoms with E-state index in [1.165, 1.54) is 0 Å². The number of hydrazone groups is 1. The van der Waals surface area contributed by atoms with Crippen LogP contribution >= 0.6 is 0 Å². The Labute approximate surface area is 147 Å². The lowest BCUT2D eigenvalue weighted by Gasteiger charge is -2.17. The highest BCUT2D eigenvalue weighted by Crippen LogP contribution is 2.41. The number of benzene rings is 2. The second-order valence-corrected chi connectivity index (χ2v) is 8.07. The molecule has 25 heavy (non-hydrogen) atoms. The normalized spacial score (nSPS) is 16.9. The number of rotatable bonds is 5. The first-order chi connectivity index (χ1) is 11.9. The number of hydrogen-bond acceptors (Lipinski definition) is 4. The zero-order chi connectivity index (χ0) is 18.2. The van der Waals surface area contributed by atoms with Crippen molar-refractivity contribution < 1.29 is 13.2 Å². The monoisotopic (exact) mass is 359 g/mol. The SMILES string of the molecule is CC[C@@H](C)/C(C)=N\NC(=O)CN1c2cccc3cccc(c23)S1(=O)=O. The number of carbonyl (C=O) groups excluding carboxylic acids is 1. The largest absolute Gasteiger partial charge is 0.271 e. The lowest BCUT2D eigenvalue weighted by Crippen LogP contribution is -2.37. The van der Waals surface area contributed by atoms with Crippen LogP contribution < -0.4 is 9.73 Å². The molecule has 0 aromatic heterocycles. The molecule has 1 aliphatic rings. The third-order valence-corrected chi connectivity index (χ3v) is 6.45. The van der Waals surface area contributed by atoms with Gasteiger partial charge in [0.25, 0.3) is 15.9 Å². The number of nitrogens with zero attached hydrogens (tertiary/aromatic N) is 2. The first kappa shape index (κ1) is 17.4. The topological polar surface area (TPSA) is 78.8 Å². The molecule has 1 heterocycles. The number of nitrogens with one attached hydrogen (secondary N) is 1. The zero-order valence-corrected chi connectivity index (χ0v) is 15.3. The molecule has 0 radical (unpaired) electrons. The zero-order valence-electron chi connectivity index (χ0n) is 14.5. The predicted molar refractivity (Wildman–Crippen MR) is 99.2 cm³/mol. The highest BCUT2D eigenvalue weighted by molar-refractivity contribution is 7.93. The second-order valence-electron chi connectivity index (χ2n) is 6.24. The van der Waals surface area contributed by atoms with Crippen LogP contribution in [0.5, 0.6) is 0 Å². The van der Waals surface area contributed by atoms with Crippen molar-refractivity contribution in [2.24, 2.45) is 11.0 Å². The number of sulfonamides is 1. The van der Waals surface area contributed by atoms with Gasteiger partial charge in [-0.2, -0.15) is 5.10 Å². The maximum Gasteiger partial charge on any atom is 0.265 e. The summed E-state index contributed by atoms with van der Waals surface area (Å²) in [6, 6.07) is 10.5. The summed E-state index contributed by atoms with van der Waals surface area (Å²) in [6.07, 6.45) is 0.920. The van der Waals surface area contributed by atoms with Gasteiger partial charge in [0.2, 0.25) is 0 Å². The summed E-state index contributed by atoms with van der Waals surface area (Å²) in [5, 5.41) is 5.58. The Morgan fingerprint density at radius 1 is 1.24 bits per heavy atom. The van der Waals surface area contributed by atoms with Gasteiger partial charge >= 0.3 is 0 Å². The van der Waals surface area contributed by atoms with Crippen LogP contribution in [0.25, 0.3) is 10.8 Å². The standard InChI is InChI=1S/C18H21N3O3S/c1-4-12(2)13(3)19-20-17(22)11-21-15-9-5-7-14-8-6-10-16(18(14)15)25(21,23)24/h5-10,12H,4,11H2,1-3H3,(H,20,22)/b19-13-/t12-/m1/s1. The number of hydrogen-bond donors (Lipinski definition) is 1. The van der Waals surface area contributed by atoms with Gasteiger partial charge in [-0.3, -0.25) is 9.10 Å². The number of anilines is 1. The smallest absolute Gasteiger partial charge is 0.265 e. The lowest BCUT2D eigenvalue weighted by molar-refractivity contribution is -0.119. The fourth-order valence-corrected chi connectivity index (χ4v) is 4.52. The van der Waals surface area contributed by atoms with E-state index in [9.17, 15) is 13.2 Å². The summed E-state index contributed by atoms with van der Waals surface area (Å²) in [5.74, 6) is -0.204. The van der Waals surface area contributed by atoms with Crippen molar-refractivity contribution in [3.05, 3.63) is 36.4 Å². The average Bonchev–Trinajstić information content (AvgIpc) is 2.82. The fourth-order valence-electron chi connectivity index (χ4n) is 2.85. The second kappa shape index (κ2) is 6.48. The summed E-state index contributed by atoms with van der Waals surface area (Å²) in [5.41, 5.74) is 3.81. The van der Waals surface area contributed by atoms with E-state index in [2.05, 4.69) is 10.5 Å². The van der Waals surface area contributed by atoms with Crippen LogP contribution in [0.3, 0.4) is 0 Å². The molecule has 0 unspecified atom stereocenters. The molecule has 2 aromatic rings. The van der Waals surface area contributed by atoms with Gasteiger partial charge in [0, 0.05) is 11.1 Å². The molecule has 0 fully saturated rings. The Kier molecular flexibility index (Phi) is 4.51. The van der Waals surface area contributed by atoms with E-state index >= 15 is 0 Å². The molecule has 1 N–H and O–H groups in total. The van der Waals surface area contributed by atoms with E-state index < -0.39 is 15.9 Å². The Bertz CT molecular complexity index is 961. The fraction of sp³-hybridized carbons (Fsp3) is 0.333. The molecule has 0 spiro atoms. The highest BCUT2D eigenvalue weighted by atomic mass is 32.2. The first-order valence-corrected chi connectivity index (χ1v) is 9.67. The molecule has 1 atom stereocenters. The Hall–Kier alpha value is -2.41. The van der Waals surface area contributed by atoms with Crippen LogP contribution in [0.4, 0.5) is 5.69 Å². The minimum absolute atomic E-state index is 0.243. The summed E-state index contributed by atoms with van der Waals surface area (Å²) in [4.78, 5) is 12.5. The molecule has 0 aliphatic carbocycles. The van der Waals surface area contributed by atoms with E-state index in [1.54, 1.807) is 24.3 Å². The van der Waals surface area contributed by atoms with Crippen LogP contribution in [-0.4, -0.2) is 26.6 Å². The van der Waals surface area contributed by atoms with Gasteiger partial charge in [-0.25, -0.2) is 13.8 Å². The molecule has 0 bridgehead atoms. The van der Waals surface area contributed by atoms with Gasteiger partial charge in [0.05, 0.1) is 10.6 Å². The van der Waals surface area contributed by atoms with Gasteiger partial charge in [-0.15, -0.1) is 0 Å². The minimum Gasteiger partial charge on any atom is -0.271 e. The Balaban J connectivity index is 1.87.